The summed E-state index contributed by atoms with van der Waals surface area (Å²) in [4.78, 5) is 16.1. The van der Waals surface area contributed by atoms with Gasteiger partial charge in [0.05, 0.1) is 18.7 Å². The first-order chi connectivity index (χ1) is 12.3. The largest absolute Gasteiger partial charge is 0.383 e. The predicted octanol–water partition coefficient (Wildman–Crippen LogP) is 2.27. The number of nitrogens with two attached hydrogens (primary N) is 1. The van der Waals surface area contributed by atoms with Gasteiger partial charge in [0.2, 0.25) is 5.91 Å². The molecule has 26 heavy (non-hydrogen) atoms. The van der Waals surface area contributed by atoms with E-state index in [1.54, 1.807) is 7.11 Å². The van der Waals surface area contributed by atoms with Crippen molar-refractivity contribution in [3.63, 3.8) is 0 Å². The Bertz CT molecular complexity index is 961. The van der Waals surface area contributed by atoms with Crippen molar-refractivity contribution in [1.82, 2.24) is 20.1 Å². The molecule has 0 bridgehead atoms. The Hall–Kier alpha value is -2.67. The summed E-state index contributed by atoms with van der Waals surface area (Å²) in [5.74, 6) is 0.349. The lowest BCUT2D eigenvalue weighted by molar-refractivity contribution is -0.120. The van der Waals surface area contributed by atoms with Gasteiger partial charge in [-0.05, 0) is 19.9 Å². The lowest BCUT2D eigenvalue weighted by Crippen LogP contribution is -2.44. The fourth-order valence-electron chi connectivity index (χ4n) is 3.41. The number of amides is 1. The molecule has 3 N–H and O–H groups in total. The highest BCUT2D eigenvalue weighted by Crippen LogP contribution is 2.32. The van der Waals surface area contributed by atoms with Crippen LogP contribution in [0.4, 0.5) is 5.82 Å². The Morgan fingerprint density at radius 1 is 1.35 bits per heavy atom. The standard InChI is InChI=1S/C19H25N5O2/c1-12(25)22-19(2,3)11-15-16-13-7-5-6-8-14(13)21-18(20)17(16)23-24(15)9-10-26-4/h5-8H,9-11H2,1-4H3,(H2,20,21)(H,22,25). The van der Waals surface area contributed by atoms with Gasteiger partial charge in [-0.25, -0.2) is 4.98 Å². The zero-order chi connectivity index (χ0) is 18.9. The summed E-state index contributed by atoms with van der Waals surface area (Å²) in [5.41, 5.74) is 8.30. The highest BCUT2D eigenvalue weighted by atomic mass is 16.5. The van der Waals surface area contributed by atoms with Crippen LogP contribution in [0.3, 0.4) is 0 Å². The van der Waals surface area contributed by atoms with Gasteiger partial charge in [-0.1, -0.05) is 18.2 Å². The van der Waals surface area contributed by atoms with Crippen LogP contribution in [0.1, 0.15) is 26.5 Å². The van der Waals surface area contributed by atoms with Crippen molar-refractivity contribution in [1.29, 1.82) is 0 Å². The van der Waals surface area contributed by atoms with Gasteiger partial charge in [-0.3, -0.25) is 9.48 Å². The molecular weight excluding hydrogens is 330 g/mol. The molecule has 0 atom stereocenters. The Kier molecular flexibility index (Phi) is 4.82. The van der Waals surface area contributed by atoms with E-state index in [2.05, 4.69) is 10.3 Å². The third-order valence-electron chi connectivity index (χ3n) is 4.35. The fourth-order valence-corrected chi connectivity index (χ4v) is 3.41. The number of rotatable bonds is 6. The third-order valence-corrected chi connectivity index (χ3v) is 4.35. The number of nitrogen functional groups attached to an aromatic ring is 1. The van der Waals surface area contributed by atoms with Crippen LogP contribution in [-0.4, -0.2) is 39.9 Å². The van der Waals surface area contributed by atoms with Crippen LogP contribution < -0.4 is 11.1 Å². The number of carbonyl (C=O) groups is 1. The molecule has 0 aliphatic carbocycles. The van der Waals surface area contributed by atoms with Gasteiger partial charge in [0.1, 0.15) is 5.52 Å². The number of hydrogen-bond donors (Lipinski definition) is 2. The molecule has 0 spiro atoms. The van der Waals surface area contributed by atoms with Gasteiger partial charge in [0, 0.05) is 42.5 Å². The normalized spacial score (nSPS) is 12.0. The molecule has 1 amide bonds. The van der Waals surface area contributed by atoms with E-state index in [0.29, 0.717) is 30.9 Å². The number of hydrogen-bond acceptors (Lipinski definition) is 5. The number of carbonyl (C=O) groups excluding carboxylic acids is 1. The molecule has 3 rings (SSSR count). The third kappa shape index (κ3) is 3.48. The van der Waals surface area contributed by atoms with Crippen molar-refractivity contribution in [2.45, 2.75) is 39.3 Å². The predicted molar refractivity (Wildman–Crippen MR) is 103 cm³/mol. The van der Waals surface area contributed by atoms with Crippen LogP contribution in [0.15, 0.2) is 24.3 Å². The number of para-hydroxylation sites is 1. The SMILES string of the molecule is COCCn1nc2c(N)nc3ccccc3c2c1CC(C)(C)NC(C)=O. The smallest absolute Gasteiger partial charge is 0.217 e. The van der Waals surface area contributed by atoms with Crippen LogP contribution >= 0.6 is 0 Å². The monoisotopic (exact) mass is 355 g/mol. The van der Waals surface area contributed by atoms with E-state index in [4.69, 9.17) is 15.6 Å². The van der Waals surface area contributed by atoms with E-state index >= 15 is 0 Å². The maximum Gasteiger partial charge on any atom is 0.217 e. The Morgan fingerprint density at radius 3 is 2.77 bits per heavy atom. The molecule has 0 saturated heterocycles. The van der Waals surface area contributed by atoms with Crippen LogP contribution in [-0.2, 0) is 22.5 Å². The topological polar surface area (TPSA) is 95.1 Å². The molecule has 0 aliphatic rings. The zero-order valence-corrected chi connectivity index (χ0v) is 15.7. The number of methoxy groups -OCH3 is 1. The summed E-state index contributed by atoms with van der Waals surface area (Å²) in [6.45, 7) is 6.66. The van der Waals surface area contributed by atoms with E-state index in [0.717, 1.165) is 22.0 Å². The molecule has 0 radical (unpaired) electrons. The highest BCUT2D eigenvalue weighted by molar-refractivity contribution is 6.09. The number of anilines is 1. The van der Waals surface area contributed by atoms with Gasteiger partial charge >= 0.3 is 0 Å². The molecule has 7 nitrogen and oxygen atoms in total. The lowest BCUT2D eigenvalue weighted by atomic mass is 9.95. The minimum Gasteiger partial charge on any atom is -0.383 e. The van der Waals surface area contributed by atoms with Gasteiger partial charge in [0.25, 0.3) is 0 Å². The second-order valence-corrected chi connectivity index (χ2v) is 7.14. The minimum atomic E-state index is -0.428. The van der Waals surface area contributed by atoms with Crippen molar-refractivity contribution in [3.05, 3.63) is 30.0 Å². The zero-order valence-electron chi connectivity index (χ0n) is 15.7. The number of ether oxygens (including phenoxy) is 1. The van der Waals surface area contributed by atoms with E-state index in [1.807, 2.05) is 42.8 Å². The summed E-state index contributed by atoms with van der Waals surface area (Å²) >= 11 is 0. The molecule has 7 heteroatoms. The van der Waals surface area contributed by atoms with E-state index in [9.17, 15) is 4.79 Å². The number of nitrogens with zero attached hydrogens (tertiary/aromatic N) is 3. The second-order valence-electron chi connectivity index (χ2n) is 7.14. The van der Waals surface area contributed by atoms with Gasteiger partial charge in [0.15, 0.2) is 5.82 Å². The Balaban J connectivity index is 2.24. The summed E-state index contributed by atoms with van der Waals surface area (Å²) in [5, 5.41) is 9.71. The molecule has 2 heterocycles. The van der Waals surface area contributed by atoms with E-state index in [-0.39, 0.29) is 5.91 Å². The molecule has 0 fully saturated rings. The molecule has 3 aromatic rings. The number of benzene rings is 1. The van der Waals surface area contributed by atoms with Crippen molar-refractivity contribution in [3.8, 4) is 0 Å². The van der Waals surface area contributed by atoms with E-state index < -0.39 is 5.54 Å². The number of fused-ring (bicyclic) bond motifs is 3. The van der Waals surface area contributed by atoms with Crippen LogP contribution in [0.5, 0.6) is 0 Å². The van der Waals surface area contributed by atoms with Crippen molar-refractivity contribution in [2.75, 3.05) is 19.5 Å². The summed E-state index contributed by atoms with van der Waals surface area (Å²) in [6, 6.07) is 7.90. The van der Waals surface area contributed by atoms with Gasteiger partial charge in [-0.2, -0.15) is 5.10 Å². The molecule has 1 aromatic carbocycles. The summed E-state index contributed by atoms with van der Waals surface area (Å²) in [6.07, 6.45) is 0.611. The van der Waals surface area contributed by atoms with E-state index in [1.165, 1.54) is 6.92 Å². The Labute approximate surface area is 152 Å². The number of nitrogens with one attached hydrogen (secondary N) is 1. The van der Waals surface area contributed by atoms with Gasteiger partial charge < -0.3 is 15.8 Å². The molecule has 138 valence electrons. The molecule has 0 saturated carbocycles. The average Bonchev–Trinajstić information content (AvgIpc) is 2.90. The molecule has 0 aliphatic heterocycles. The van der Waals surface area contributed by atoms with Crippen LogP contribution in [0.25, 0.3) is 21.8 Å². The highest BCUT2D eigenvalue weighted by Gasteiger charge is 2.25. The first kappa shape index (κ1) is 18.1. The molecule has 2 aromatic heterocycles. The fraction of sp³-hybridized carbons (Fsp3) is 0.421. The van der Waals surface area contributed by atoms with Crippen molar-refractivity contribution in [2.24, 2.45) is 0 Å². The summed E-state index contributed by atoms with van der Waals surface area (Å²) < 4.78 is 7.15. The first-order valence-corrected chi connectivity index (χ1v) is 8.63. The summed E-state index contributed by atoms with van der Waals surface area (Å²) in [7, 11) is 1.66. The van der Waals surface area contributed by atoms with Crippen LogP contribution in [0, 0.1) is 0 Å². The minimum absolute atomic E-state index is 0.0618. The van der Waals surface area contributed by atoms with Gasteiger partial charge in [-0.15, -0.1) is 0 Å². The second kappa shape index (κ2) is 6.92. The van der Waals surface area contributed by atoms with Crippen LogP contribution in [0.2, 0.25) is 0 Å². The molecular formula is C19H25N5O2. The quantitative estimate of drug-likeness (QED) is 0.707. The maximum absolute atomic E-state index is 11.6. The Morgan fingerprint density at radius 2 is 2.08 bits per heavy atom. The molecule has 0 unspecified atom stereocenters. The maximum atomic E-state index is 11.6. The number of aromatic nitrogens is 3. The first-order valence-electron chi connectivity index (χ1n) is 8.63. The van der Waals surface area contributed by atoms with Crippen molar-refractivity contribution >= 4 is 33.5 Å². The average molecular weight is 355 g/mol. The van der Waals surface area contributed by atoms with Crippen molar-refractivity contribution < 1.29 is 9.53 Å². The lowest BCUT2D eigenvalue weighted by Gasteiger charge is -2.26. The number of pyridine rings is 1.